The van der Waals surface area contributed by atoms with Crippen molar-refractivity contribution in [1.82, 2.24) is 5.32 Å². The number of ketones is 1. The minimum atomic E-state index is -3.96. The van der Waals surface area contributed by atoms with Gasteiger partial charge in [-0.2, -0.15) is 0 Å². The second-order valence-corrected chi connectivity index (χ2v) is 12.2. The summed E-state index contributed by atoms with van der Waals surface area (Å²) in [6.07, 6.45) is 6.78. The van der Waals surface area contributed by atoms with E-state index < -0.39 is 28.2 Å². The molecule has 2 aromatic rings. The first-order chi connectivity index (χ1) is 16.2. The summed E-state index contributed by atoms with van der Waals surface area (Å²) < 4.78 is 31.4. The molecule has 4 fully saturated rings. The zero-order valence-electron chi connectivity index (χ0n) is 18.6. The van der Waals surface area contributed by atoms with Gasteiger partial charge in [-0.15, -0.1) is 0 Å². The molecule has 5 aliphatic rings. The molecule has 1 N–H and O–H groups in total. The molecule has 176 valence electrons. The van der Waals surface area contributed by atoms with Crippen molar-refractivity contribution >= 4 is 27.5 Å². The van der Waals surface area contributed by atoms with E-state index in [0.29, 0.717) is 17.8 Å². The van der Waals surface area contributed by atoms with Gasteiger partial charge in [0.1, 0.15) is 0 Å². The van der Waals surface area contributed by atoms with Crippen LogP contribution in [0.15, 0.2) is 52.3 Å². The maximum atomic E-state index is 13.1. The van der Waals surface area contributed by atoms with Crippen molar-refractivity contribution in [3.05, 3.63) is 59.2 Å². The lowest BCUT2D eigenvalue weighted by Gasteiger charge is -2.56. The summed E-state index contributed by atoms with van der Waals surface area (Å²) in [7, 11) is -3.96. The molecule has 0 radical (unpaired) electrons. The summed E-state index contributed by atoms with van der Waals surface area (Å²) in [5, 5.41) is 3.15. The molecule has 4 aliphatic carbocycles. The molecule has 34 heavy (non-hydrogen) atoms. The lowest BCUT2D eigenvalue weighted by Crippen LogP contribution is -2.60. The van der Waals surface area contributed by atoms with E-state index in [4.69, 9.17) is 4.74 Å². The first kappa shape index (κ1) is 21.5. The number of hydrogen-bond acceptors (Lipinski definition) is 6. The van der Waals surface area contributed by atoms with Crippen molar-refractivity contribution < 1.29 is 27.5 Å². The van der Waals surface area contributed by atoms with Crippen LogP contribution in [-0.2, 0) is 19.4 Å². The van der Waals surface area contributed by atoms with Gasteiger partial charge in [0, 0.05) is 16.7 Å². The van der Waals surface area contributed by atoms with Crippen LogP contribution >= 0.6 is 0 Å². The van der Waals surface area contributed by atoms with Crippen LogP contribution in [0.5, 0.6) is 0 Å². The van der Waals surface area contributed by atoms with Gasteiger partial charge >= 0.3 is 5.97 Å². The van der Waals surface area contributed by atoms with Crippen molar-refractivity contribution in [1.29, 1.82) is 0 Å². The molecule has 0 saturated heterocycles. The normalized spacial score (nSPS) is 29.8. The van der Waals surface area contributed by atoms with Crippen LogP contribution in [0.1, 0.15) is 64.8 Å². The molecule has 2 aromatic carbocycles. The maximum Gasteiger partial charge on any atom is 0.338 e. The summed E-state index contributed by atoms with van der Waals surface area (Å²) in [5.41, 5.74) is -0.0510. The van der Waals surface area contributed by atoms with E-state index in [9.17, 15) is 22.8 Å². The Hall–Kier alpha value is -3.00. The molecular weight excluding hydrogens is 454 g/mol. The third-order valence-electron chi connectivity index (χ3n) is 7.95. The van der Waals surface area contributed by atoms with E-state index in [2.05, 4.69) is 5.32 Å². The predicted molar refractivity (Wildman–Crippen MR) is 121 cm³/mol. The van der Waals surface area contributed by atoms with Crippen LogP contribution in [0, 0.1) is 17.8 Å². The number of esters is 1. The third-order valence-corrected chi connectivity index (χ3v) is 9.80. The number of nitrogens with one attached hydrogen (secondary N) is 1. The van der Waals surface area contributed by atoms with Crippen LogP contribution in [0.25, 0.3) is 0 Å². The van der Waals surface area contributed by atoms with E-state index in [1.807, 2.05) is 0 Å². The minimum absolute atomic E-state index is 0.0166. The lowest BCUT2D eigenvalue weighted by atomic mass is 9.53. The molecule has 0 unspecified atom stereocenters. The fraction of sp³-hybridized carbons (Fsp3) is 0.423. The maximum absolute atomic E-state index is 13.1. The fourth-order valence-corrected chi connectivity index (χ4v) is 8.70. The van der Waals surface area contributed by atoms with Crippen LogP contribution in [0.2, 0.25) is 0 Å². The zero-order chi connectivity index (χ0) is 23.7. The van der Waals surface area contributed by atoms with Gasteiger partial charge in [-0.25, -0.2) is 13.2 Å². The summed E-state index contributed by atoms with van der Waals surface area (Å²) in [5.74, 6) is 0.503. The number of ether oxygens (including phenoxy) is 1. The number of amides is 1. The second-order valence-electron chi connectivity index (χ2n) is 10.4. The molecule has 7 rings (SSSR count). The third kappa shape index (κ3) is 3.38. The molecule has 0 spiro atoms. The summed E-state index contributed by atoms with van der Waals surface area (Å²) in [4.78, 5) is 37.8. The fourth-order valence-electron chi connectivity index (χ4n) is 7.02. The Morgan fingerprint density at radius 1 is 0.912 bits per heavy atom. The highest BCUT2D eigenvalue weighted by atomic mass is 32.2. The van der Waals surface area contributed by atoms with Crippen molar-refractivity contribution in [2.75, 3.05) is 6.61 Å². The van der Waals surface area contributed by atoms with Gasteiger partial charge in [0.2, 0.25) is 9.84 Å². The number of rotatable bonds is 4. The largest absolute Gasteiger partial charge is 0.452 e. The predicted octanol–water partition coefficient (Wildman–Crippen LogP) is 3.31. The van der Waals surface area contributed by atoms with Gasteiger partial charge in [0.05, 0.1) is 15.4 Å². The number of hydrogen-bond donors (Lipinski definition) is 1. The van der Waals surface area contributed by atoms with Gasteiger partial charge in [-0.1, -0.05) is 12.1 Å². The summed E-state index contributed by atoms with van der Waals surface area (Å²) in [6, 6.07) is 9.87. The number of carbonyl (C=O) groups is 3. The second kappa shape index (κ2) is 7.50. The molecule has 8 heteroatoms. The smallest absolute Gasteiger partial charge is 0.338 e. The van der Waals surface area contributed by atoms with Gasteiger partial charge in [0.15, 0.2) is 12.4 Å². The van der Waals surface area contributed by atoms with Crippen LogP contribution in [0.3, 0.4) is 0 Å². The molecule has 0 aromatic heterocycles. The summed E-state index contributed by atoms with van der Waals surface area (Å²) in [6.45, 7) is -0.424. The minimum Gasteiger partial charge on any atom is -0.452 e. The average Bonchev–Trinajstić information content (AvgIpc) is 2.80. The van der Waals surface area contributed by atoms with Crippen molar-refractivity contribution in [2.45, 2.75) is 53.9 Å². The molecule has 0 atom stereocenters. The summed E-state index contributed by atoms with van der Waals surface area (Å²) >= 11 is 0. The van der Waals surface area contributed by atoms with Crippen molar-refractivity contribution in [2.24, 2.45) is 17.8 Å². The van der Waals surface area contributed by atoms with E-state index in [1.165, 1.54) is 43.5 Å². The molecule has 4 saturated carbocycles. The molecule has 1 amide bonds. The Bertz CT molecular complexity index is 1310. The number of carbonyl (C=O) groups excluding carboxylic acids is 3. The quantitative estimate of drug-likeness (QED) is 0.576. The van der Waals surface area contributed by atoms with E-state index in [1.54, 1.807) is 12.1 Å². The van der Waals surface area contributed by atoms with Gasteiger partial charge in [-0.3, -0.25) is 9.59 Å². The van der Waals surface area contributed by atoms with E-state index in [-0.39, 0.29) is 37.9 Å². The van der Waals surface area contributed by atoms with Gasteiger partial charge in [0.25, 0.3) is 5.91 Å². The highest BCUT2D eigenvalue weighted by Crippen LogP contribution is 2.55. The van der Waals surface area contributed by atoms with Crippen molar-refractivity contribution in [3.63, 3.8) is 0 Å². The Kier molecular flexibility index (Phi) is 4.75. The van der Waals surface area contributed by atoms with Crippen LogP contribution in [0.4, 0.5) is 0 Å². The van der Waals surface area contributed by atoms with Gasteiger partial charge < -0.3 is 10.1 Å². The van der Waals surface area contributed by atoms with E-state index >= 15 is 0 Å². The Balaban J connectivity index is 1.16. The lowest BCUT2D eigenvalue weighted by molar-refractivity contribution is -0.130. The number of sulfone groups is 1. The SMILES string of the molecule is O=C(COC(=O)c1ccc2c(c1)S(=O)(=O)c1ccccc1C2=O)NC12CC3CC(CC(C3)C1)C2. The standard InChI is InChI=1S/C26H25NO6S/c28-23(27-26-11-15-7-16(12-26)9-17(8-15)13-26)14-33-25(30)18-5-6-20-22(10-18)34(31,32)21-4-2-1-3-19(21)24(20)29/h1-6,10,15-17H,7-9,11-14H2,(H,27,28). The average molecular weight is 480 g/mol. The van der Waals surface area contributed by atoms with Crippen LogP contribution in [-0.4, -0.2) is 38.2 Å². The number of fused-ring (bicyclic) bond motifs is 2. The molecular formula is C26H25NO6S. The Morgan fingerprint density at radius 2 is 1.53 bits per heavy atom. The Labute approximate surface area is 197 Å². The molecule has 1 aliphatic heterocycles. The molecule has 4 bridgehead atoms. The molecule has 7 nitrogen and oxygen atoms in total. The number of benzene rings is 2. The highest BCUT2D eigenvalue weighted by molar-refractivity contribution is 7.91. The van der Waals surface area contributed by atoms with Crippen LogP contribution < -0.4 is 5.32 Å². The first-order valence-corrected chi connectivity index (χ1v) is 13.2. The zero-order valence-corrected chi connectivity index (χ0v) is 19.4. The van der Waals surface area contributed by atoms with E-state index in [0.717, 1.165) is 25.3 Å². The first-order valence-electron chi connectivity index (χ1n) is 11.8. The topological polar surface area (TPSA) is 107 Å². The highest BCUT2D eigenvalue weighted by Gasteiger charge is 2.51. The van der Waals surface area contributed by atoms with Crippen molar-refractivity contribution in [3.8, 4) is 0 Å². The molecule has 1 heterocycles. The van der Waals surface area contributed by atoms with Gasteiger partial charge in [-0.05, 0) is 86.6 Å². The monoisotopic (exact) mass is 479 g/mol. The Morgan fingerprint density at radius 3 is 2.21 bits per heavy atom.